The van der Waals surface area contributed by atoms with E-state index in [1.54, 1.807) is 55.5 Å². The van der Waals surface area contributed by atoms with E-state index < -0.39 is 22.5 Å². The lowest BCUT2D eigenvalue weighted by Gasteiger charge is -2.23. The number of nitrogens with zero attached hydrogens (tertiary/aromatic N) is 2. The first kappa shape index (κ1) is 28.3. The van der Waals surface area contributed by atoms with Crippen molar-refractivity contribution in [3.05, 3.63) is 87.4 Å². The predicted octanol–water partition coefficient (Wildman–Crippen LogP) is 5.20. The molecule has 1 amide bonds. The van der Waals surface area contributed by atoms with E-state index in [0.29, 0.717) is 51.6 Å². The van der Waals surface area contributed by atoms with Crippen LogP contribution in [0.5, 0.6) is 11.5 Å². The standard InChI is InChI=1S/C26H27Cl2N3O5S/c1-4-35-25-14-20(7-12-24(25)36-17-19-5-8-21(27)9-6-19)15-29-30-26(32)16-31(37(3,33)34)23-11-10-22(28)13-18(23)2/h5-15H,4,16-17H2,1-3H3,(H,30,32)/b29-15-. The van der Waals surface area contributed by atoms with E-state index in [1.807, 2.05) is 19.1 Å². The lowest BCUT2D eigenvalue weighted by molar-refractivity contribution is -0.119. The van der Waals surface area contributed by atoms with Crippen LogP contribution in [0.4, 0.5) is 5.69 Å². The van der Waals surface area contributed by atoms with Gasteiger partial charge in [0.05, 0.1) is 24.8 Å². The number of nitrogens with one attached hydrogen (secondary N) is 1. The fourth-order valence-electron chi connectivity index (χ4n) is 3.36. The second-order valence-electron chi connectivity index (χ2n) is 8.05. The zero-order chi connectivity index (χ0) is 27.0. The molecule has 0 aliphatic heterocycles. The van der Waals surface area contributed by atoms with Gasteiger partial charge in [-0.25, -0.2) is 13.8 Å². The van der Waals surface area contributed by atoms with Crippen LogP contribution < -0.4 is 19.2 Å². The Hall–Kier alpha value is -3.27. The lowest BCUT2D eigenvalue weighted by Crippen LogP contribution is -2.39. The number of hydrogen-bond donors (Lipinski definition) is 1. The minimum Gasteiger partial charge on any atom is -0.490 e. The highest BCUT2D eigenvalue weighted by molar-refractivity contribution is 7.92. The molecule has 0 unspecified atom stereocenters. The van der Waals surface area contributed by atoms with Crippen molar-refractivity contribution in [1.82, 2.24) is 5.43 Å². The van der Waals surface area contributed by atoms with Crippen molar-refractivity contribution in [2.45, 2.75) is 20.5 Å². The lowest BCUT2D eigenvalue weighted by atomic mass is 10.2. The summed E-state index contributed by atoms with van der Waals surface area (Å²) >= 11 is 11.9. The Bertz CT molecular complexity index is 1380. The smallest absolute Gasteiger partial charge is 0.260 e. The van der Waals surface area contributed by atoms with Gasteiger partial charge in [-0.05, 0) is 79.1 Å². The molecule has 3 aromatic rings. The van der Waals surface area contributed by atoms with E-state index in [0.717, 1.165) is 16.1 Å². The summed E-state index contributed by atoms with van der Waals surface area (Å²) in [4.78, 5) is 12.5. The van der Waals surface area contributed by atoms with Crippen molar-refractivity contribution in [1.29, 1.82) is 0 Å². The molecule has 0 aromatic heterocycles. The summed E-state index contributed by atoms with van der Waals surface area (Å²) in [6, 6.07) is 17.3. The maximum atomic E-state index is 12.5. The number of rotatable bonds is 11. The summed E-state index contributed by atoms with van der Waals surface area (Å²) < 4.78 is 37.3. The van der Waals surface area contributed by atoms with Crippen LogP contribution in [-0.2, 0) is 21.4 Å². The Morgan fingerprint density at radius 3 is 2.35 bits per heavy atom. The summed E-state index contributed by atoms with van der Waals surface area (Å²) in [5, 5.41) is 5.08. The Morgan fingerprint density at radius 1 is 1.00 bits per heavy atom. The molecule has 0 heterocycles. The fourth-order valence-corrected chi connectivity index (χ4v) is 4.63. The van der Waals surface area contributed by atoms with E-state index in [2.05, 4.69) is 10.5 Å². The summed E-state index contributed by atoms with van der Waals surface area (Å²) in [6.07, 6.45) is 2.46. The Kier molecular flexibility index (Phi) is 9.79. The maximum absolute atomic E-state index is 12.5. The van der Waals surface area contributed by atoms with Gasteiger partial charge in [-0.15, -0.1) is 0 Å². The molecule has 0 spiro atoms. The van der Waals surface area contributed by atoms with E-state index in [1.165, 1.54) is 6.21 Å². The van der Waals surface area contributed by atoms with Gasteiger partial charge >= 0.3 is 0 Å². The molecule has 0 aliphatic rings. The highest BCUT2D eigenvalue weighted by Crippen LogP contribution is 2.29. The summed E-state index contributed by atoms with van der Waals surface area (Å²) in [5.41, 5.74) is 4.96. The van der Waals surface area contributed by atoms with Gasteiger partial charge in [0.25, 0.3) is 5.91 Å². The third-order valence-corrected chi connectivity index (χ3v) is 6.71. The largest absolute Gasteiger partial charge is 0.490 e. The number of carbonyl (C=O) groups is 1. The molecular weight excluding hydrogens is 537 g/mol. The number of carbonyl (C=O) groups excluding carboxylic acids is 1. The first-order valence-electron chi connectivity index (χ1n) is 11.3. The first-order valence-corrected chi connectivity index (χ1v) is 13.9. The van der Waals surface area contributed by atoms with Crippen molar-refractivity contribution in [3.63, 3.8) is 0 Å². The van der Waals surface area contributed by atoms with Crippen LogP contribution in [0, 0.1) is 6.92 Å². The number of sulfonamides is 1. The molecule has 0 fully saturated rings. The van der Waals surface area contributed by atoms with Gasteiger partial charge in [0.2, 0.25) is 10.0 Å². The maximum Gasteiger partial charge on any atom is 0.260 e. The third-order valence-electron chi connectivity index (χ3n) is 5.09. The molecule has 196 valence electrons. The topological polar surface area (TPSA) is 97.3 Å². The van der Waals surface area contributed by atoms with Crippen LogP contribution in [-0.4, -0.2) is 39.9 Å². The quantitative estimate of drug-likeness (QED) is 0.255. The average molecular weight is 564 g/mol. The average Bonchev–Trinajstić information content (AvgIpc) is 2.83. The van der Waals surface area contributed by atoms with Gasteiger partial charge in [-0.3, -0.25) is 9.10 Å². The van der Waals surface area contributed by atoms with E-state index in [-0.39, 0.29) is 0 Å². The molecule has 0 saturated heterocycles. The van der Waals surface area contributed by atoms with Crippen molar-refractivity contribution >= 4 is 51.0 Å². The molecule has 8 nitrogen and oxygen atoms in total. The molecular formula is C26H27Cl2N3O5S. The normalized spacial score (nSPS) is 11.4. The van der Waals surface area contributed by atoms with E-state index >= 15 is 0 Å². The van der Waals surface area contributed by atoms with Crippen LogP contribution in [0.1, 0.15) is 23.6 Å². The van der Waals surface area contributed by atoms with Crippen molar-refractivity contribution in [2.24, 2.45) is 5.10 Å². The van der Waals surface area contributed by atoms with Gasteiger partial charge in [-0.1, -0.05) is 35.3 Å². The van der Waals surface area contributed by atoms with Crippen LogP contribution in [0.3, 0.4) is 0 Å². The minimum absolute atomic E-state index is 0.338. The fraction of sp³-hybridized carbons (Fsp3) is 0.231. The highest BCUT2D eigenvalue weighted by atomic mass is 35.5. The highest BCUT2D eigenvalue weighted by Gasteiger charge is 2.22. The molecule has 0 atom stereocenters. The van der Waals surface area contributed by atoms with Gasteiger partial charge in [0.1, 0.15) is 13.2 Å². The molecule has 11 heteroatoms. The Balaban J connectivity index is 1.66. The number of hydrazone groups is 1. The molecule has 3 aromatic carbocycles. The first-order chi connectivity index (χ1) is 17.6. The molecule has 0 radical (unpaired) electrons. The number of amides is 1. The van der Waals surface area contributed by atoms with Gasteiger partial charge in [-0.2, -0.15) is 5.10 Å². The Labute approximate surface area is 226 Å². The summed E-state index contributed by atoms with van der Waals surface area (Å²) in [6.45, 7) is 3.90. The van der Waals surface area contributed by atoms with Gasteiger partial charge in [0, 0.05) is 10.0 Å². The molecule has 37 heavy (non-hydrogen) atoms. The number of benzene rings is 3. The number of anilines is 1. The predicted molar refractivity (Wildman–Crippen MR) is 148 cm³/mol. The molecule has 0 saturated carbocycles. The zero-order valence-corrected chi connectivity index (χ0v) is 22.9. The number of hydrogen-bond acceptors (Lipinski definition) is 6. The van der Waals surface area contributed by atoms with Crippen molar-refractivity contribution in [2.75, 3.05) is 23.7 Å². The molecule has 0 aliphatic carbocycles. The van der Waals surface area contributed by atoms with E-state index in [4.69, 9.17) is 32.7 Å². The number of aryl methyl sites for hydroxylation is 1. The van der Waals surface area contributed by atoms with Crippen LogP contribution in [0.2, 0.25) is 10.0 Å². The minimum atomic E-state index is -3.73. The summed E-state index contributed by atoms with van der Waals surface area (Å²) in [7, 11) is -3.73. The second-order valence-corrected chi connectivity index (χ2v) is 10.8. The van der Waals surface area contributed by atoms with Gasteiger partial charge < -0.3 is 9.47 Å². The SMILES string of the molecule is CCOc1cc(/C=N\NC(=O)CN(c2ccc(Cl)cc2C)S(C)(=O)=O)ccc1OCc1ccc(Cl)cc1. The van der Waals surface area contributed by atoms with Crippen LogP contribution >= 0.6 is 23.2 Å². The molecule has 3 rings (SSSR count). The monoisotopic (exact) mass is 563 g/mol. The summed E-state index contributed by atoms with van der Waals surface area (Å²) in [5.74, 6) is 0.470. The van der Waals surface area contributed by atoms with Gasteiger partial charge in [0.15, 0.2) is 11.5 Å². The second kappa shape index (κ2) is 12.8. The van der Waals surface area contributed by atoms with Crippen molar-refractivity contribution in [3.8, 4) is 11.5 Å². The molecule has 1 N–H and O–H groups in total. The van der Waals surface area contributed by atoms with E-state index in [9.17, 15) is 13.2 Å². The number of halogens is 2. The molecule has 0 bridgehead atoms. The Morgan fingerprint density at radius 2 is 1.70 bits per heavy atom. The van der Waals surface area contributed by atoms with Crippen LogP contribution in [0.15, 0.2) is 65.8 Å². The van der Waals surface area contributed by atoms with Crippen LogP contribution in [0.25, 0.3) is 0 Å². The number of ether oxygens (including phenoxy) is 2. The van der Waals surface area contributed by atoms with Crippen molar-refractivity contribution < 1.29 is 22.7 Å². The zero-order valence-electron chi connectivity index (χ0n) is 20.6. The third kappa shape index (κ3) is 8.38.